The second-order valence-electron chi connectivity index (χ2n) is 12.1. The molecule has 2 amide bonds. The van der Waals surface area contributed by atoms with Gasteiger partial charge >= 0.3 is 11.9 Å². The van der Waals surface area contributed by atoms with Gasteiger partial charge in [0.05, 0.1) is 53.5 Å². The third-order valence-electron chi connectivity index (χ3n) is 8.50. The Kier molecular flexibility index (Phi) is 14.3. The number of rotatable bonds is 10. The molecule has 0 saturated heterocycles. The van der Waals surface area contributed by atoms with E-state index in [1.54, 1.807) is 0 Å². The van der Waals surface area contributed by atoms with Gasteiger partial charge in [0, 0.05) is 12.6 Å². The van der Waals surface area contributed by atoms with E-state index in [-0.39, 0.29) is 0 Å². The summed E-state index contributed by atoms with van der Waals surface area (Å²) in [4.78, 5) is 49.7. The molecule has 0 bridgehead atoms. The van der Waals surface area contributed by atoms with Crippen LogP contribution in [-0.4, -0.2) is 41.0 Å². The van der Waals surface area contributed by atoms with Crippen molar-refractivity contribution in [1.82, 2.24) is 5.32 Å². The summed E-state index contributed by atoms with van der Waals surface area (Å²) in [5, 5.41) is 13.9. The normalized spacial score (nSPS) is 11.2. The van der Waals surface area contributed by atoms with Crippen molar-refractivity contribution in [2.45, 2.75) is 6.92 Å². The van der Waals surface area contributed by atoms with Crippen molar-refractivity contribution in [2.24, 2.45) is 0 Å². The third-order valence-corrected chi connectivity index (χ3v) is 11.2. The Hall–Kier alpha value is -5.16. The molecule has 0 atom stereocenters. The number of carbonyl (C=O) groups excluding carboxylic acids is 2. The van der Waals surface area contributed by atoms with Crippen LogP contribution in [0.1, 0.15) is 47.0 Å². The number of amides is 2. The molecule has 0 heterocycles. The molecule has 0 fully saturated rings. The van der Waals surface area contributed by atoms with Gasteiger partial charge in [0.2, 0.25) is 34.8 Å². The monoisotopic (exact) mass is 1050 g/mol. The lowest BCUT2D eigenvalue weighted by molar-refractivity contribution is 0.0683. The zero-order chi connectivity index (χ0) is 48.5. The highest BCUT2D eigenvalue weighted by atomic mass is 35.5. The summed E-state index contributed by atoms with van der Waals surface area (Å²) in [5.74, 6) is -42.8. The van der Waals surface area contributed by atoms with Crippen molar-refractivity contribution in [1.29, 1.82) is 0 Å². The van der Waals surface area contributed by atoms with Crippen molar-refractivity contribution < 1.29 is 87.2 Å². The average Bonchev–Trinajstić information content (AvgIpc) is 3.24. The third kappa shape index (κ3) is 8.00. The zero-order valence-corrected chi connectivity index (χ0v) is 35.4. The van der Waals surface area contributed by atoms with E-state index in [4.69, 9.17) is 90.7 Å². The largest absolute Gasteiger partial charge is 0.478 e. The lowest BCUT2D eigenvalue weighted by Crippen LogP contribution is -2.22. The van der Waals surface area contributed by atoms with Crippen LogP contribution in [0.15, 0.2) is 0 Å². The molecule has 0 saturated carbocycles. The molecular weight excluding hydrogens is 1050 g/mol. The van der Waals surface area contributed by atoms with E-state index in [1.165, 1.54) is 5.32 Å². The number of aromatic carboxylic acids is 2. The van der Waals surface area contributed by atoms with Crippen molar-refractivity contribution in [3.63, 3.8) is 0 Å². The maximum absolute atomic E-state index is 15.7. The van der Waals surface area contributed by atoms with Crippen molar-refractivity contribution >= 4 is 111 Å². The van der Waals surface area contributed by atoms with Gasteiger partial charge in [-0.15, -0.1) is 0 Å². The van der Waals surface area contributed by atoms with E-state index in [9.17, 15) is 42.6 Å². The van der Waals surface area contributed by atoms with Crippen LogP contribution >= 0.6 is 81.2 Å². The number of hydrogen-bond donors (Lipinski definition) is 4. The standard InChI is InChI=1S/C36H10Cl7F11N2O8/c1-3-17(44)16(43)23(50)28(18(3)45)56-34(58)5-7(36(61)62)11(38)15(42)30(13(5)40)64-32-26(53)21(48)9(22(49)27(32)54)8-19(46)24(51)31(25(52)20(8)47)63-29-12(39)4(33(57)55-2)6(35(59)60)10(37)14(29)41/h1-2H3,(H,55,57)(H,56,58)(H,59,60)(H,61,62). The second-order valence-corrected chi connectivity index (χ2v) is 14.7. The minimum atomic E-state index is -2.90. The van der Waals surface area contributed by atoms with E-state index >= 15 is 35.1 Å². The Bertz CT molecular complexity index is 2890. The van der Waals surface area contributed by atoms with E-state index in [1.807, 2.05) is 5.32 Å². The van der Waals surface area contributed by atoms with Gasteiger partial charge in [0.15, 0.2) is 52.2 Å². The molecule has 338 valence electrons. The molecule has 5 aromatic carbocycles. The van der Waals surface area contributed by atoms with Crippen LogP contribution in [0, 0.1) is 70.9 Å². The topological polar surface area (TPSA) is 151 Å². The van der Waals surface area contributed by atoms with Crippen LogP contribution in [0.3, 0.4) is 0 Å². The summed E-state index contributed by atoms with van der Waals surface area (Å²) >= 11 is 41.4. The highest BCUT2D eigenvalue weighted by Gasteiger charge is 2.39. The van der Waals surface area contributed by atoms with E-state index in [0.29, 0.717) is 0 Å². The number of carboxylic acid groups (broad SMARTS) is 2. The molecular formula is C36H10Cl7F11N2O8. The predicted molar refractivity (Wildman–Crippen MR) is 206 cm³/mol. The average molecular weight is 1060 g/mol. The minimum Gasteiger partial charge on any atom is -0.478 e. The highest BCUT2D eigenvalue weighted by molar-refractivity contribution is 6.49. The number of hydrogen-bond acceptors (Lipinski definition) is 6. The Morgan fingerprint density at radius 1 is 0.422 bits per heavy atom. The number of anilines is 1. The van der Waals surface area contributed by atoms with Gasteiger partial charge < -0.3 is 30.3 Å². The number of halogens is 18. The van der Waals surface area contributed by atoms with Crippen LogP contribution in [0.4, 0.5) is 54.0 Å². The smallest absolute Gasteiger partial charge is 0.338 e. The molecule has 0 aromatic heterocycles. The van der Waals surface area contributed by atoms with Crippen LogP contribution in [-0.2, 0) is 0 Å². The van der Waals surface area contributed by atoms with Crippen LogP contribution in [0.5, 0.6) is 23.0 Å². The summed E-state index contributed by atoms with van der Waals surface area (Å²) in [7, 11) is 0.957. The van der Waals surface area contributed by atoms with E-state index < -0.39 is 191 Å². The minimum absolute atomic E-state index is 0.736. The number of nitrogens with one attached hydrogen (secondary N) is 2. The molecule has 10 nitrogen and oxygen atoms in total. The molecule has 5 rings (SSSR count). The number of carbonyl (C=O) groups is 4. The highest BCUT2D eigenvalue weighted by Crippen LogP contribution is 2.51. The van der Waals surface area contributed by atoms with Crippen LogP contribution in [0.2, 0.25) is 35.2 Å². The van der Waals surface area contributed by atoms with Gasteiger partial charge in [-0.3, -0.25) is 9.59 Å². The maximum atomic E-state index is 15.7. The Labute approximate surface area is 381 Å². The maximum Gasteiger partial charge on any atom is 0.338 e. The van der Waals surface area contributed by atoms with E-state index in [0.717, 1.165) is 14.0 Å². The lowest BCUT2D eigenvalue weighted by Gasteiger charge is -2.20. The van der Waals surface area contributed by atoms with Crippen LogP contribution < -0.4 is 20.1 Å². The number of carboxylic acids is 2. The Morgan fingerprint density at radius 2 is 0.766 bits per heavy atom. The molecule has 4 N–H and O–H groups in total. The first kappa shape index (κ1) is 49.8. The number of benzene rings is 5. The molecule has 0 aliphatic carbocycles. The first-order chi connectivity index (χ1) is 29.7. The zero-order valence-electron chi connectivity index (χ0n) is 30.1. The first-order valence-electron chi connectivity index (χ1n) is 16.0. The van der Waals surface area contributed by atoms with Crippen molar-refractivity contribution in [3.8, 4) is 34.1 Å². The predicted octanol–water partition coefficient (Wildman–Crippen LogP) is 13.4. The van der Waals surface area contributed by atoms with Gasteiger partial charge in [-0.25, -0.2) is 40.3 Å². The fraction of sp³-hybridized carbons (Fsp3) is 0.0556. The Balaban J connectivity index is 1.67. The lowest BCUT2D eigenvalue weighted by atomic mass is 10.0. The van der Waals surface area contributed by atoms with Crippen molar-refractivity contribution in [2.75, 3.05) is 12.4 Å². The molecule has 0 aliphatic rings. The van der Waals surface area contributed by atoms with Gasteiger partial charge in [0.25, 0.3) is 11.8 Å². The second kappa shape index (κ2) is 18.4. The molecule has 0 aliphatic heterocycles. The summed E-state index contributed by atoms with van der Waals surface area (Å²) in [5.41, 5.74) is -12.6. The molecule has 64 heavy (non-hydrogen) atoms. The van der Waals surface area contributed by atoms with Gasteiger partial charge in [-0.05, 0) is 6.92 Å². The summed E-state index contributed by atoms with van der Waals surface area (Å²) < 4.78 is 178. The quantitative estimate of drug-likeness (QED) is 0.0613. The fourth-order valence-corrected chi connectivity index (χ4v) is 7.43. The number of ether oxygens (including phenoxy) is 2. The molecule has 0 unspecified atom stereocenters. The summed E-state index contributed by atoms with van der Waals surface area (Å²) in [6.45, 7) is 0.736. The van der Waals surface area contributed by atoms with Crippen molar-refractivity contribution in [3.05, 3.63) is 127 Å². The fourth-order valence-electron chi connectivity index (χ4n) is 5.49. The first-order valence-corrected chi connectivity index (χ1v) is 18.6. The van der Waals surface area contributed by atoms with Gasteiger partial charge in [-0.1, -0.05) is 81.2 Å². The SMILES string of the molecule is CNC(=O)c1c(Cl)c(Oc2c(F)c(F)c(-c3c(F)c(F)c(Oc4c(Cl)c(Cl)c(C(=O)O)c(C(=O)Nc5c(F)c(C)c(F)c(Cl)c5F)c4Cl)c(F)c3F)c(F)c2F)c(Cl)c(Cl)c1C(=O)O. The van der Waals surface area contributed by atoms with Gasteiger partial charge in [-0.2, -0.15) is 17.6 Å². The summed E-state index contributed by atoms with van der Waals surface area (Å²) in [6.07, 6.45) is 0. The van der Waals surface area contributed by atoms with Gasteiger partial charge in [0.1, 0.15) is 20.8 Å². The molecule has 0 spiro atoms. The Morgan fingerprint density at radius 3 is 1.09 bits per heavy atom. The van der Waals surface area contributed by atoms with Crippen LogP contribution in [0.25, 0.3) is 11.1 Å². The molecule has 0 radical (unpaired) electrons. The van der Waals surface area contributed by atoms with E-state index in [2.05, 4.69) is 0 Å². The molecule has 28 heteroatoms. The summed E-state index contributed by atoms with van der Waals surface area (Å²) in [6, 6.07) is 0. The molecule has 5 aromatic rings.